The van der Waals surface area contributed by atoms with Gasteiger partial charge in [0, 0.05) is 12.6 Å². The Morgan fingerprint density at radius 1 is 1.40 bits per heavy atom. The van der Waals surface area contributed by atoms with Gasteiger partial charge in [-0.3, -0.25) is 10.1 Å². The average Bonchev–Trinajstić information content (AvgIpc) is 2.79. The predicted octanol–water partition coefficient (Wildman–Crippen LogP) is 2.49. The smallest absolute Gasteiger partial charge is 0.295 e. The maximum Gasteiger partial charge on any atom is 0.295 e. The standard InChI is InChI=1S/C13H18N4O3/c1-16(2)8-4-3-7-14-13-15-11-6-5-10(17(18)19)9-12(11)20-13/h5-6,9H,3-4,7-8H2,1-2H3,(H,14,15). The zero-order valence-electron chi connectivity index (χ0n) is 11.6. The van der Waals surface area contributed by atoms with Crippen LogP contribution in [0.4, 0.5) is 11.7 Å². The van der Waals surface area contributed by atoms with E-state index >= 15 is 0 Å². The number of hydrogen-bond acceptors (Lipinski definition) is 6. The third-order valence-corrected chi connectivity index (χ3v) is 2.89. The number of nitro groups is 1. The molecular weight excluding hydrogens is 260 g/mol. The van der Waals surface area contributed by atoms with Crippen LogP contribution in [0.3, 0.4) is 0 Å². The van der Waals surface area contributed by atoms with Crippen molar-refractivity contribution in [3.8, 4) is 0 Å². The van der Waals surface area contributed by atoms with Crippen molar-refractivity contribution in [3.05, 3.63) is 28.3 Å². The number of nitrogens with one attached hydrogen (secondary N) is 1. The Hall–Kier alpha value is -2.15. The van der Waals surface area contributed by atoms with Crippen LogP contribution in [-0.4, -0.2) is 42.0 Å². The summed E-state index contributed by atoms with van der Waals surface area (Å²) in [4.78, 5) is 16.6. The summed E-state index contributed by atoms with van der Waals surface area (Å²) in [6.07, 6.45) is 2.10. The van der Waals surface area contributed by atoms with Crippen LogP contribution in [0.2, 0.25) is 0 Å². The molecule has 0 radical (unpaired) electrons. The predicted molar refractivity (Wildman–Crippen MR) is 76.9 cm³/mol. The van der Waals surface area contributed by atoms with Gasteiger partial charge in [-0.15, -0.1) is 0 Å². The van der Waals surface area contributed by atoms with Gasteiger partial charge in [0.25, 0.3) is 11.7 Å². The summed E-state index contributed by atoms with van der Waals surface area (Å²) in [7, 11) is 4.09. The highest BCUT2D eigenvalue weighted by atomic mass is 16.6. The van der Waals surface area contributed by atoms with Crippen LogP contribution in [0.25, 0.3) is 11.1 Å². The van der Waals surface area contributed by atoms with Crippen molar-refractivity contribution in [1.29, 1.82) is 0 Å². The molecule has 0 aliphatic heterocycles. The van der Waals surface area contributed by atoms with Gasteiger partial charge >= 0.3 is 0 Å². The molecule has 20 heavy (non-hydrogen) atoms. The maximum atomic E-state index is 10.7. The first kappa shape index (κ1) is 14.3. The van der Waals surface area contributed by atoms with Crippen molar-refractivity contribution in [3.63, 3.8) is 0 Å². The Balaban J connectivity index is 1.93. The highest BCUT2D eigenvalue weighted by molar-refractivity contribution is 5.77. The van der Waals surface area contributed by atoms with Crippen LogP contribution in [0.5, 0.6) is 0 Å². The lowest BCUT2D eigenvalue weighted by Gasteiger charge is -2.08. The van der Waals surface area contributed by atoms with Crippen molar-refractivity contribution in [2.45, 2.75) is 12.8 Å². The monoisotopic (exact) mass is 278 g/mol. The first-order valence-corrected chi connectivity index (χ1v) is 6.50. The molecule has 0 unspecified atom stereocenters. The minimum atomic E-state index is -0.448. The molecule has 0 spiro atoms. The third-order valence-electron chi connectivity index (χ3n) is 2.89. The molecule has 1 aromatic carbocycles. The van der Waals surface area contributed by atoms with Crippen LogP contribution in [0.1, 0.15) is 12.8 Å². The largest absolute Gasteiger partial charge is 0.423 e. The first-order chi connectivity index (χ1) is 9.56. The fourth-order valence-electron chi connectivity index (χ4n) is 1.85. The van der Waals surface area contributed by atoms with Gasteiger partial charge < -0.3 is 14.6 Å². The number of non-ortho nitro benzene ring substituents is 1. The normalized spacial score (nSPS) is 11.2. The van der Waals surface area contributed by atoms with Crippen LogP contribution in [0.15, 0.2) is 22.6 Å². The zero-order valence-corrected chi connectivity index (χ0v) is 11.6. The van der Waals surface area contributed by atoms with Gasteiger partial charge in [0.15, 0.2) is 5.58 Å². The minimum Gasteiger partial charge on any atom is -0.423 e. The molecule has 0 fully saturated rings. The number of benzene rings is 1. The lowest BCUT2D eigenvalue weighted by molar-refractivity contribution is -0.384. The highest BCUT2D eigenvalue weighted by Crippen LogP contribution is 2.23. The molecule has 0 saturated heterocycles. The molecule has 0 amide bonds. The molecule has 2 aromatic rings. The lowest BCUT2D eigenvalue weighted by Crippen LogP contribution is -2.14. The molecule has 0 saturated carbocycles. The number of nitro benzene ring substituents is 1. The number of aromatic nitrogens is 1. The molecular formula is C13H18N4O3. The average molecular weight is 278 g/mol. The molecule has 0 aliphatic carbocycles. The van der Waals surface area contributed by atoms with Crippen LogP contribution < -0.4 is 5.32 Å². The Kier molecular flexibility index (Phi) is 4.52. The molecule has 7 nitrogen and oxygen atoms in total. The molecule has 7 heteroatoms. The number of anilines is 1. The van der Waals surface area contributed by atoms with Crippen LogP contribution in [0, 0.1) is 10.1 Å². The van der Waals surface area contributed by atoms with E-state index in [0.717, 1.165) is 25.9 Å². The third kappa shape index (κ3) is 3.67. The van der Waals surface area contributed by atoms with Crippen LogP contribution in [-0.2, 0) is 0 Å². The second-order valence-electron chi connectivity index (χ2n) is 4.87. The van der Waals surface area contributed by atoms with Crippen molar-refractivity contribution < 1.29 is 9.34 Å². The van der Waals surface area contributed by atoms with E-state index in [4.69, 9.17) is 4.42 Å². The fourth-order valence-corrected chi connectivity index (χ4v) is 1.85. The number of rotatable bonds is 7. The second-order valence-corrected chi connectivity index (χ2v) is 4.87. The Morgan fingerprint density at radius 2 is 2.20 bits per heavy atom. The Morgan fingerprint density at radius 3 is 2.90 bits per heavy atom. The van der Waals surface area contributed by atoms with Gasteiger partial charge in [-0.2, -0.15) is 4.98 Å². The molecule has 108 valence electrons. The quantitative estimate of drug-likeness (QED) is 0.476. The van der Waals surface area contributed by atoms with Gasteiger partial charge in [0.05, 0.1) is 11.0 Å². The van der Waals surface area contributed by atoms with Gasteiger partial charge in [0.2, 0.25) is 0 Å². The maximum absolute atomic E-state index is 10.7. The van der Waals surface area contributed by atoms with E-state index in [1.165, 1.54) is 12.1 Å². The van der Waals surface area contributed by atoms with E-state index in [-0.39, 0.29) is 5.69 Å². The second kappa shape index (κ2) is 6.33. The number of nitrogens with zero attached hydrogens (tertiary/aromatic N) is 3. The summed E-state index contributed by atoms with van der Waals surface area (Å²) in [5.74, 6) is 0. The minimum absolute atomic E-state index is 0.00572. The number of hydrogen-bond donors (Lipinski definition) is 1. The van der Waals surface area contributed by atoms with Gasteiger partial charge in [0.1, 0.15) is 5.52 Å². The number of fused-ring (bicyclic) bond motifs is 1. The van der Waals surface area contributed by atoms with E-state index in [1.807, 2.05) is 14.1 Å². The Labute approximate surface area is 116 Å². The van der Waals surface area contributed by atoms with Crippen molar-refractivity contribution in [2.75, 3.05) is 32.5 Å². The SMILES string of the molecule is CN(C)CCCCNc1nc2ccc([N+](=O)[O-])cc2o1. The van der Waals surface area contributed by atoms with E-state index in [2.05, 4.69) is 15.2 Å². The van der Waals surface area contributed by atoms with E-state index < -0.39 is 4.92 Å². The summed E-state index contributed by atoms with van der Waals surface area (Å²) in [5.41, 5.74) is 1.05. The van der Waals surface area contributed by atoms with Gasteiger partial charge in [-0.05, 0) is 39.5 Å². The molecule has 0 bridgehead atoms. The van der Waals surface area contributed by atoms with Gasteiger partial charge in [-0.25, -0.2) is 0 Å². The summed E-state index contributed by atoms with van der Waals surface area (Å²) < 4.78 is 5.45. The summed E-state index contributed by atoms with van der Waals surface area (Å²) in [6, 6.07) is 4.81. The van der Waals surface area contributed by atoms with E-state index in [0.29, 0.717) is 17.1 Å². The van der Waals surface area contributed by atoms with Crippen molar-refractivity contribution >= 4 is 22.8 Å². The summed E-state index contributed by atoms with van der Waals surface area (Å²) in [6.45, 7) is 1.81. The van der Waals surface area contributed by atoms with Gasteiger partial charge in [-0.1, -0.05) is 0 Å². The van der Waals surface area contributed by atoms with Crippen molar-refractivity contribution in [1.82, 2.24) is 9.88 Å². The van der Waals surface area contributed by atoms with E-state index in [1.54, 1.807) is 6.07 Å². The topological polar surface area (TPSA) is 84.4 Å². The first-order valence-electron chi connectivity index (χ1n) is 6.50. The summed E-state index contributed by atoms with van der Waals surface area (Å²) >= 11 is 0. The molecule has 1 N–H and O–H groups in total. The Bertz CT molecular complexity index is 594. The summed E-state index contributed by atoms with van der Waals surface area (Å²) in [5, 5.41) is 13.8. The van der Waals surface area contributed by atoms with Crippen molar-refractivity contribution in [2.24, 2.45) is 0 Å². The van der Waals surface area contributed by atoms with Crippen LogP contribution >= 0.6 is 0 Å². The zero-order chi connectivity index (χ0) is 14.5. The van der Waals surface area contributed by atoms with E-state index in [9.17, 15) is 10.1 Å². The molecule has 2 rings (SSSR count). The lowest BCUT2D eigenvalue weighted by atomic mass is 10.3. The number of unbranched alkanes of at least 4 members (excludes halogenated alkanes) is 1. The molecule has 0 atom stereocenters. The molecule has 1 aromatic heterocycles. The molecule has 0 aliphatic rings. The fraction of sp³-hybridized carbons (Fsp3) is 0.462. The highest BCUT2D eigenvalue weighted by Gasteiger charge is 2.11. The number of oxazole rings is 1. The molecule has 1 heterocycles.